The number of carbonyl (C=O) groups excluding carboxylic acids is 1. The Morgan fingerprint density at radius 2 is 1.82 bits per heavy atom. The van der Waals surface area contributed by atoms with Gasteiger partial charge >= 0.3 is 6.03 Å². The third kappa shape index (κ3) is 6.50. The minimum Gasteiger partial charge on any atom is -0.474 e. The first-order chi connectivity index (χ1) is 15.7. The zero-order chi connectivity index (χ0) is 24.0. The Morgan fingerprint density at radius 3 is 2.42 bits per heavy atom. The highest BCUT2D eigenvalue weighted by Crippen LogP contribution is 2.32. The first kappa shape index (κ1) is 23.7. The van der Waals surface area contributed by atoms with Crippen LogP contribution in [0.5, 0.6) is 11.5 Å². The van der Waals surface area contributed by atoms with Crippen LogP contribution in [0.25, 0.3) is 0 Å². The Morgan fingerprint density at radius 1 is 1.12 bits per heavy atom. The molecule has 2 amide bonds. The molecule has 33 heavy (non-hydrogen) atoms. The average molecular weight is 472 g/mol. The van der Waals surface area contributed by atoms with Gasteiger partial charge in [0.25, 0.3) is 5.69 Å². The molecule has 0 spiro atoms. The van der Waals surface area contributed by atoms with Crippen molar-refractivity contribution < 1.29 is 23.6 Å². The van der Waals surface area contributed by atoms with Crippen LogP contribution in [0.2, 0.25) is 5.02 Å². The number of benzene rings is 3. The van der Waals surface area contributed by atoms with Gasteiger partial charge in [0.05, 0.1) is 21.6 Å². The van der Waals surface area contributed by atoms with Gasteiger partial charge in [-0.15, -0.1) is 0 Å². The number of anilines is 1. The molecular weight excluding hydrogens is 453 g/mol. The molecule has 10 heteroatoms. The van der Waals surface area contributed by atoms with Gasteiger partial charge in [0.2, 0.25) is 5.90 Å². The number of nitro benzene ring substituents is 1. The van der Waals surface area contributed by atoms with Crippen LogP contribution < -0.4 is 10.1 Å². The van der Waals surface area contributed by atoms with E-state index in [1.165, 1.54) is 60.7 Å². The number of ether oxygens (including phenoxy) is 2. The van der Waals surface area contributed by atoms with Gasteiger partial charge in [-0.1, -0.05) is 23.7 Å². The molecular formula is C23H19ClFN3O5. The van der Waals surface area contributed by atoms with E-state index in [0.717, 1.165) is 0 Å². The van der Waals surface area contributed by atoms with E-state index in [2.05, 4.69) is 10.3 Å². The van der Waals surface area contributed by atoms with Crippen LogP contribution in [-0.2, 0) is 4.74 Å². The maximum Gasteiger partial charge on any atom is 0.348 e. The Hall–Kier alpha value is -3.98. The Kier molecular flexibility index (Phi) is 7.57. The summed E-state index contributed by atoms with van der Waals surface area (Å²) in [6, 6.07) is 15.1. The smallest absolute Gasteiger partial charge is 0.348 e. The van der Waals surface area contributed by atoms with Crippen LogP contribution in [0, 0.1) is 15.9 Å². The van der Waals surface area contributed by atoms with Crippen molar-refractivity contribution in [3.8, 4) is 11.5 Å². The molecule has 0 unspecified atom stereocenters. The Labute approximate surface area is 193 Å². The van der Waals surface area contributed by atoms with Crippen molar-refractivity contribution in [3.05, 3.63) is 93.2 Å². The van der Waals surface area contributed by atoms with E-state index in [9.17, 15) is 19.3 Å². The summed E-state index contributed by atoms with van der Waals surface area (Å²) in [6.07, 6.45) is -0.332. The van der Waals surface area contributed by atoms with Gasteiger partial charge in [0.1, 0.15) is 17.3 Å². The third-order valence-corrected chi connectivity index (χ3v) is 4.41. The monoisotopic (exact) mass is 471 g/mol. The third-order valence-electron chi connectivity index (χ3n) is 4.11. The second-order valence-corrected chi connectivity index (χ2v) is 7.40. The number of non-ortho nitro benzene ring substituents is 1. The van der Waals surface area contributed by atoms with E-state index in [-0.39, 0.29) is 34.0 Å². The summed E-state index contributed by atoms with van der Waals surface area (Å²) in [7, 11) is 0. The summed E-state index contributed by atoms with van der Waals surface area (Å²) >= 11 is 6.24. The second kappa shape index (κ2) is 10.6. The van der Waals surface area contributed by atoms with Crippen molar-refractivity contribution >= 4 is 34.9 Å². The van der Waals surface area contributed by atoms with Crippen molar-refractivity contribution in [1.29, 1.82) is 0 Å². The highest BCUT2D eigenvalue weighted by molar-refractivity contribution is 6.32. The lowest BCUT2D eigenvalue weighted by Gasteiger charge is -2.13. The molecule has 3 aromatic rings. The lowest BCUT2D eigenvalue weighted by atomic mass is 10.2. The fourth-order valence-corrected chi connectivity index (χ4v) is 2.89. The summed E-state index contributed by atoms with van der Waals surface area (Å²) in [6.45, 7) is 3.47. The predicted octanol–water partition coefficient (Wildman–Crippen LogP) is 6.58. The molecule has 8 nitrogen and oxygen atoms in total. The molecule has 0 aliphatic heterocycles. The van der Waals surface area contributed by atoms with Gasteiger partial charge < -0.3 is 14.8 Å². The quantitative estimate of drug-likeness (QED) is 0.189. The largest absolute Gasteiger partial charge is 0.474 e. The number of halogens is 2. The summed E-state index contributed by atoms with van der Waals surface area (Å²) in [5, 5.41) is 13.5. The van der Waals surface area contributed by atoms with E-state index in [1.54, 1.807) is 19.9 Å². The predicted molar refractivity (Wildman–Crippen MR) is 123 cm³/mol. The van der Waals surface area contributed by atoms with Gasteiger partial charge in [0, 0.05) is 17.8 Å². The molecule has 0 fully saturated rings. The van der Waals surface area contributed by atoms with Gasteiger partial charge in [0.15, 0.2) is 0 Å². The summed E-state index contributed by atoms with van der Waals surface area (Å²) < 4.78 is 25.3. The molecule has 0 radical (unpaired) electrons. The van der Waals surface area contributed by atoms with Gasteiger partial charge in [-0.3, -0.25) is 10.1 Å². The highest BCUT2D eigenvalue weighted by atomic mass is 35.5. The molecule has 3 rings (SSSR count). The van der Waals surface area contributed by atoms with Crippen LogP contribution in [0.3, 0.4) is 0 Å². The minimum atomic E-state index is -0.783. The normalized spacial score (nSPS) is 11.2. The van der Waals surface area contributed by atoms with Crippen LogP contribution in [0.15, 0.2) is 71.7 Å². The van der Waals surface area contributed by atoms with E-state index < -0.39 is 16.8 Å². The zero-order valence-corrected chi connectivity index (χ0v) is 18.4. The van der Waals surface area contributed by atoms with Gasteiger partial charge in [-0.05, 0) is 56.3 Å². The van der Waals surface area contributed by atoms with Crippen molar-refractivity contribution in [3.63, 3.8) is 0 Å². The number of nitrogens with zero attached hydrogens (tertiary/aromatic N) is 2. The van der Waals surface area contributed by atoms with Crippen molar-refractivity contribution in [2.24, 2.45) is 4.99 Å². The van der Waals surface area contributed by atoms with E-state index in [0.29, 0.717) is 11.4 Å². The zero-order valence-electron chi connectivity index (χ0n) is 17.6. The highest BCUT2D eigenvalue weighted by Gasteiger charge is 2.15. The second-order valence-electron chi connectivity index (χ2n) is 6.99. The fraction of sp³-hybridized carbons (Fsp3) is 0.130. The van der Waals surface area contributed by atoms with Crippen LogP contribution in [0.1, 0.15) is 19.4 Å². The van der Waals surface area contributed by atoms with Crippen molar-refractivity contribution in [2.75, 3.05) is 5.32 Å². The maximum absolute atomic E-state index is 14.1. The molecule has 0 aromatic heterocycles. The first-order valence-electron chi connectivity index (χ1n) is 9.76. The summed E-state index contributed by atoms with van der Waals surface area (Å²) in [4.78, 5) is 26.5. The lowest BCUT2D eigenvalue weighted by molar-refractivity contribution is -0.384. The Balaban J connectivity index is 1.74. The number of nitrogens with one attached hydrogen (secondary N) is 1. The standard InChI is InChI=1S/C23H19ClFN3O5/c1-14(2)32-22(18-5-3-4-6-20(18)25)27-23(29)26-15-7-12-21(19(24)13-15)33-17-10-8-16(9-11-17)28(30)31/h3-14H,1-2H3,(H,26,29). The molecule has 0 saturated carbocycles. The average Bonchev–Trinajstić information content (AvgIpc) is 2.75. The number of hydrogen-bond acceptors (Lipinski definition) is 5. The molecule has 0 bridgehead atoms. The molecule has 3 aromatic carbocycles. The molecule has 0 aliphatic rings. The number of hydrogen-bond donors (Lipinski definition) is 1. The molecule has 0 heterocycles. The van der Waals surface area contributed by atoms with Crippen molar-refractivity contribution in [2.45, 2.75) is 20.0 Å². The first-order valence-corrected chi connectivity index (χ1v) is 10.1. The SMILES string of the molecule is CC(C)OC(=NC(=O)Nc1ccc(Oc2ccc([N+](=O)[O-])cc2)c(Cl)c1)c1ccccc1F. The molecule has 1 N–H and O–H groups in total. The number of aliphatic imine (C=N–C) groups is 1. The molecule has 0 saturated heterocycles. The summed E-state index contributed by atoms with van der Waals surface area (Å²) in [5.41, 5.74) is 0.316. The van der Waals surface area contributed by atoms with E-state index >= 15 is 0 Å². The topological polar surface area (TPSA) is 103 Å². The van der Waals surface area contributed by atoms with Crippen LogP contribution in [-0.4, -0.2) is 23.0 Å². The van der Waals surface area contributed by atoms with Crippen LogP contribution >= 0.6 is 11.6 Å². The van der Waals surface area contributed by atoms with Crippen LogP contribution in [0.4, 0.5) is 20.6 Å². The molecule has 170 valence electrons. The number of urea groups is 1. The number of rotatable bonds is 6. The summed E-state index contributed by atoms with van der Waals surface area (Å²) in [5.74, 6) is -0.0863. The van der Waals surface area contributed by atoms with Gasteiger partial charge in [-0.2, -0.15) is 4.99 Å². The molecule has 0 atom stereocenters. The molecule has 0 aliphatic carbocycles. The number of amides is 2. The minimum absolute atomic E-state index is 0.0613. The lowest BCUT2D eigenvalue weighted by Crippen LogP contribution is -2.18. The van der Waals surface area contributed by atoms with Gasteiger partial charge in [-0.25, -0.2) is 9.18 Å². The maximum atomic E-state index is 14.1. The number of nitro groups is 1. The Bertz CT molecular complexity index is 1200. The van der Waals surface area contributed by atoms with Crippen molar-refractivity contribution in [1.82, 2.24) is 0 Å². The van der Waals surface area contributed by atoms with E-state index in [4.69, 9.17) is 21.1 Å². The van der Waals surface area contributed by atoms with E-state index in [1.807, 2.05) is 0 Å². The fourth-order valence-electron chi connectivity index (χ4n) is 2.68. The number of carbonyl (C=O) groups is 1.